The van der Waals surface area contributed by atoms with Crippen LogP contribution in [-0.4, -0.2) is 43.4 Å². The van der Waals surface area contributed by atoms with Crippen LogP contribution in [0.2, 0.25) is 0 Å². The second-order valence-corrected chi connectivity index (χ2v) is 7.75. The number of ether oxygens (including phenoxy) is 1. The SMILES string of the molecule is CCN(CC)CCc1ccc(O[P+](=O)N(C)Cc2ccc(OC)cc2)cc1. The molecule has 0 aliphatic carbocycles. The molecule has 0 heterocycles. The van der Waals surface area contributed by atoms with Gasteiger partial charge in [-0.05, 0) is 54.9 Å². The van der Waals surface area contributed by atoms with E-state index in [1.54, 1.807) is 18.8 Å². The summed E-state index contributed by atoms with van der Waals surface area (Å²) in [5.41, 5.74) is 2.31. The van der Waals surface area contributed by atoms with E-state index in [2.05, 4.69) is 18.7 Å². The molecule has 0 bridgehead atoms. The number of hydrogen-bond donors (Lipinski definition) is 0. The van der Waals surface area contributed by atoms with Gasteiger partial charge in [-0.1, -0.05) is 42.8 Å². The molecule has 0 fully saturated rings. The van der Waals surface area contributed by atoms with Gasteiger partial charge in [0, 0.05) is 18.2 Å². The summed E-state index contributed by atoms with van der Waals surface area (Å²) in [6.07, 6.45) is 1.01. The Morgan fingerprint density at radius 1 is 0.889 bits per heavy atom. The Morgan fingerprint density at radius 2 is 1.44 bits per heavy atom. The lowest BCUT2D eigenvalue weighted by atomic mass is 10.1. The fourth-order valence-electron chi connectivity index (χ4n) is 2.76. The minimum Gasteiger partial charge on any atom is -0.497 e. The highest BCUT2D eigenvalue weighted by molar-refractivity contribution is 7.36. The summed E-state index contributed by atoms with van der Waals surface area (Å²) >= 11 is 0. The summed E-state index contributed by atoms with van der Waals surface area (Å²) in [6.45, 7) is 8.09. The Bertz CT molecular complexity index is 700. The predicted molar refractivity (Wildman–Crippen MR) is 111 cm³/mol. The molecule has 0 saturated heterocycles. The highest BCUT2D eigenvalue weighted by atomic mass is 31.1. The molecule has 0 aliphatic rings. The minimum atomic E-state index is -1.94. The van der Waals surface area contributed by atoms with Crippen molar-refractivity contribution in [2.45, 2.75) is 26.8 Å². The van der Waals surface area contributed by atoms with Crippen LogP contribution in [0.4, 0.5) is 0 Å². The van der Waals surface area contributed by atoms with Gasteiger partial charge < -0.3 is 9.64 Å². The lowest BCUT2D eigenvalue weighted by Crippen LogP contribution is -2.25. The fraction of sp³-hybridized carbons (Fsp3) is 0.429. The molecule has 0 spiro atoms. The van der Waals surface area contributed by atoms with E-state index in [9.17, 15) is 4.57 Å². The van der Waals surface area contributed by atoms with Gasteiger partial charge in [0.2, 0.25) is 0 Å². The molecule has 0 radical (unpaired) electrons. The molecule has 0 aliphatic heterocycles. The molecule has 2 aromatic carbocycles. The molecule has 0 amide bonds. The van der Waals surface area contributed by atoms with Crippen molar-refractivity contribution in [3.8, 4) is 11.5 Å². The molecule has 2 aromatic rings. The summed E-state index contributed by atoms with van der Waals surface area (Å²) in [4.78, 5) is 2.40. The van der Waals surface area contributed by atoms with Crippen LogP contribution in [0.25, 0.3) is 0 Å². The molecule has 2 rings (SSSR count). The molecule has 0 N–H and O–H groups in total. The molecule has 6 heteroatoms. The van der Waals surface area contributed by atoms with Crippen molar-refractivity contribution in [1.82, 2.24) is 9.57 Å². The van der Waals surface area contributed by atoms with Gasteiger partial charge in [-0.15, -0.1) is 0 Å². The number of methoxy groups -OCH3 is 1. The molecule has 146 valence electrons. The van der Waals surface area contributed by atoms with Gasteiger partial charge in [-0.2, -0.15) is 0 Å². The Morgan fingerprint density at radius 3 is 2.00 bits per heavy atom. The quantitative estimate of drug-likeness (QED) is 0.519. The Hall–Kier alpha value is -1.94. The third kappa shape index (κ3) is 6.94. The molecular formula is C21H30N2O3P+. The minimum absolute atomic E-state index is 0.543. The van der Waals surface area contributed by atoms with Crippen molar-refractivity contribution >= 4 is 8.18 Å². The lowest BCUT2D eigenvalue weighted by molar-refractivity contribution is 0.308. The van der Waals surface area contributed by atoms with Crippen LogP contribution in [0.5, 0.6) is 11.5 Å². The zero-order valence-corrected chi connectivity index (χ0v) is 17.6. The smallest absolute Gasteiger partial charge is 0.497 e. The maximum atomic E-state index is 12.4. The van der Waals surface area contributed by atoms with E-state index in [-0.39, 0.29) is 0 Å². The number of rotatable bonds is 11. The van der Waals surface area contributed by atoms with E-state index < -0.39 is 8.18 Å². The summed E-state index contributed by atoms with van der Waals surface area (Å²) in [5, 5.41) is 0. The third-order valence-corrected chi connectivity index (χ3v) is 5.63. The normalized spacial score (nSPS) is 11.7. The van der Waals surface area contributed by atoms with Crippen molar-refractivity contribution in [3.63, 3.8) is 0 Å². The first-order chi connectivity index (χ1) is 13.0. The average Bonchev–Trinajstić information content (AvgIpc) is 2.70. The van der Waals surface area contributed by atoms with Gasteiger partial charge in [0.05, 0.1) is 13.7 Å². The monoisotopic (exact) mass is 389 g/mol. The van der Waals surface area contributed by atoms with E-state index in [0.29, 0.717) is 12.3 Å². The summed E-state index contributed by atoms with van der Waals surface area (Å²) in [5.74, 6) is 1.44. The van der Waals surface area contributed by atoms with Gasteiger partial charge in [-0.3, -0.25) is 0 Å². The highest BCUT2D eigenvalue weighted by Crippen LogP contribution is 2.31. The van der Waals surface area contributed by atoms with E-state index in [1.807, 2.05) is 48.5 Å². The van der Waals surface area contributed by atoms with Crippen LogP contribution in [0.3, 0.4) is 0 Å². The zero-order chi connectivity index (χ0) is 19.6. The molecule has 0 aromatic heterocycles. The van der Waals surface area contributed by atoms with E-state index in [1.165, 1.54) is 5.56 Å². The molecule has 1 unspecified atom stereocenters. The first-order valence-corrected chi connectivity index (χ1v) is 10.5. The first kappa shape index (κ1) is 21.4. The molecule has 0 saturated carbocycles. The average molecular weight is 389 g/mol. The first-order valence-electron chi connectivity index (χ1n) is 9.36. The van der Waals surface area contributed by atoms with Gasteiger partial charge in [0.1, 0.15) is 5.75 Å². The predicted octanol–water partition coefficient (Wildman–Crippen LogP) is 4.75. The van der Waals surface area contributed by atoms with Gasteiger partial charge in [0.15, 0.2) is 5.75 Å². The Balaban J connectivity index is 1.85. The number of hydrogen-bond acceptors (Lipinski definition) is 4. The zero-order valence-electron chi connectivity index (χ0n) is 16.7. The second-order valence-electron chi connectivity index (χ2n) is 6.41. The third-order valence-electron chi connectivity index (χ3n) is 4.57. The second kappa shape index (κ2) is 11.0. The van der Waals surface area contributed by atoms with Crippen LogP contribution in [0, 0.1) is 0 Å². The molecular weight excluding hydrogens is 359 g/mol. The lowest BCUT2D eigenvalue weighted by Gasteiger charge is -2.17. The van der Waals surface area contributed by atoms with E-state index >= 15 is 0 Å². The summed E-state index contributed by atoms with van der Waals surface area (Å²) < 4.78 is 24.9. The van der Waals surface area contributed by atoms with Crippen molar-refractivity contribution in [1.29, 1.82) is 0 Å². The van der Waals surface area contributed by atoms with Crippen LogP contribution in [0.15, 0.2) is 48.5 Å². The van der Waals surface area contributed by atoms with Crippen LogP contribution < -0.4 is 9.26 Å². The molecule has 5 nitrogen and oxygen atoms in total. The maximum Gasteiger partial charge on any atom is 0.666 e. The fourth-order valence-corrected chi connectivity index (χ4v) is 3.48. The highest BCUT2D eigenvalue weighted by Gasteiger charge is 2.27. The number of benzene rings is 2. The van der Waals surface area contributed by atoms with E-state index in [4.69, 9.17) is 9.26 Å². The number of likely N-dealkylation sites (N-methyl/N-ethyl adjacent to an activating group) is 1. The van der Waals surface area contributed by atoms with Crippen molar-refractivity contribution < 1.29 is 13.8 Å². The number of nitrogens with zero attached hydrogens (tertiary/aromatic N) is 2. The largest absolute Gasteiger partial charge is 0.666 e. The van der Waals surface area contributed by atoms with Crippen LogP contribution in [0.1, 0.15) is 25.0 Å². The summed E-state index contributed by atoms with van der Waals surface area (Å²) in [6, 6.07) is 15.6. The van der Waals surface area contributed by atoms with Gasteiger partial charge in [-0.25, -0.2) is 4.52 Å². The van der Waals surface area contributed by atoms with Crippen molar-refractivity contribution in [2.24, 2.45) is 0 Å². The van der Waals surface area contributed by atoms with Crippen molar-refractivity contribution in [3.05, 3.63) is 59.7 Å². The topological polar surface area (TPSA) is 42.0 Å². The van der Waals surface area contributed by atoms with Crippen LogP contribution in [-0.2, 0) is 17.5 Å². The van der Waals surface area contributed by atoms with Gasteiger partial charge >= 0.3 is 8.18 Å². The Labute approximate surface area is 163 Å². The van der Waals surface area contributed by atoms with Gasteiger partial charge in [0.25, 0.3) is 0 Å². The standard InChI is InChI=1S/C21H30N2O3P/c1-5-23(6-2)16-15-18-7-13-21(14-8-18)26-27(24)22(3)17-19-9-11-20(25-4)12-10-19/h7-14H,5-6,15-17H2,1-4H3/q+1. The summed E-state index contributed by atoms with van der Waals surface area (Å²) in [7, 11) is 1.49. The van der Waals surface area contributed by atoms with Crippen LogP contribution >= 0.6 is 8.18 Å². The molecule has 27 heavy (non-hydrogen) atoms. The van der Waals surface area contributed by atoms with E-state index in [0.717, 1.165) is 37.4 Å². The Kier molecular flexibility index (Phi) is 8.73. The molecule has 1 atom stereocenters. The maximum absolute atomic E-state index is 12.4. The van der Waals surface area contributed by atoms with Crippen molar-refractivity contribution in [2.75, 3.05) is 33.8 Å².